The number of hydrogen-bond acceptors (Lipinski definition) is 6. The maximum Gasteiger partial charge on any atom is 0.257 e. The third-order valence-electron chi connectivity index (χ3n) is 2.62. The minimum absolute atomic E-state index is 0.182. The predicted octanol–water partition coefficient (Wildman–Crippen LogP) is 0.789. The fourth-order valence-corrected chi connectivity index (χ4v) is 2.15. The van der Waals surface area contributed by atoms with Crippen LogP contribution in [-0.4, -0.2) is 20.7 Å². The van der Waals surface area contributed by atoms with Crippen molar-refractivity contribution < 1.29 is 4.79 Å². The highest BCUT2D eigenvalue weighted by molar-refractivity contribution is 7.09. The van der Waals surface area contributed by atoms with Gasteiger partial charge in [-0.1, -0.05) is 15.7 Å². The molecule has 1 aliphatic rings. The minimum atomic E-state index is -0.182. The van der Waals surface area contributed by atoms with E-state index in [2.05, 4.69) is 25.4 Å². The molecule has 17 heavy (non-hydrogen) atoms. The van der Waals surface area contributed by atoms with Crippen LogP contribution in [0.25, 0.3) is 0 Å². The van der Waals surface area contributed by atoms with E-state index in [0.29, 0.717) is 10.7 Å². The first kappa shape index (κ1) is 10.3. The molecule has 1 aliphatic heterocycles. The summed E-state index contributed by atoms with van der Waals surface area (Å²) in [6.45, 7) is 1.69. The van der Waals surface area contributed by atoms with Crippen LogP contribution in [0.2, 0.25) is 0 Å². The zero-order valence-electron chi connectivity index (χ0n) is 8.80. The van der Waals surface area contributed by atoms with Crippen molar-refractivity contribution in [2.75, 3.05) is 5.32 Å². The normalized spacial score (nSPS) is 13.4. The Bertz CT molecular complexity index is 554. The summed E-state index contributed by atoms with van der Waals surface area (Å²) in [7, 11) is 0. The van der Waals surface area contributed by atoms with Crippen LogP contribution in [-0.2, 0) is 13.1 Å². The molecular weight excluding hydrogens is 238 g/mol. The van der Waals surface area contributed by atoms with Crippen molar-refractivity contribution in [1.82, 2.24) is 20.1 Å². The van der Waals surface area contributed by atoms with Crippen LogP contribution in [0.15, 0.2) is 18.2 Å². The molecule has 2 aromatic rings. The van der Waals surface area contributed by atoms with E-state index in [1.807, 2.05) is 18.2 Å². The van der Waals surface area contributed by atoms with Gasteiger partial charge in [0, 0.05) is 30.2 Å². The monoisotopic (exact) mass is 247 g/mol. The number of hydrogen-bond donors (Lipinski definition) is 2. The highest BCUT2D eigenvalue weighted by Gasteiger charge is 2.14. The molecule has 0 fully saturated rings. The topological polar surface area (TPSA) is 79.8 Å². The molecule has 0 saturated heterocycles. The first-order chi connectivity index (χ1) is 8.33. The molecule has 0 radical (unpaired) electrons. The number of carbonyl (C=O) groups excluding carboxylic acids is 1. The Labute approximate surface area is 101 Å². The lowest BCUT2D eigenvalue weighted by Crippen LogP contribution is -2.12. The van der Waals surface area contributed by atoms with Gasteiger partial charge in [-0.2, -0.15) is 0 Å². The average molecular weight is 247 g/mol. The SMILES string of the molecule is O=C(Nc1nnns1)c1ccc2c(c1)CNC2. The smallest absolute Gasteiger partial charge is 0.257 e. The predicted molar refractivity (Wildman–Crippen MR) is 62.6 cm³/mol. The van der Waals surface area contributed by atoms with Crippen LogP contribution < -0.4 is 10.6 Å². The standard InChI is InChI=1S/C10H9N5OS/c16-9(12-10-13-14-15-17-10)6-1-2-7-4-11-5-8(7)3-6/h1-3,11H,4-5H2,(H,12,13,15,16). The molecule has 1 aromatic heterocycles. The number of nitrogens with one attached hydrogen (secondary N) is 2. The van der Waals surface area contributed by atoms with Crippen LogP contribution in [0, 0.1) is 0 Å². The number of nitrogens with zero attached hydrogens (tertiary/aromatic N) is 3. The van der Waals surface area contributed by atoms with Crippen LogP contribution in [0.4, 0.5) is 5.13 Å². The molecule has 1 amide bonds. The van der Waals surface area contributed by atoms with E-state index >= 15 is 0 Å². The molecule has 0 atom stereocenters. The van der Waals surface area contributed by atoms with Crippen molar-refractivity contribution in [2.45, 2.75) is 13.1 Å². The quantitative estimate of drug-likeness (QED) is 0.820. The first-order valence-corrected chi connectivity index (χ1v) is 5.89. The van der Waals surface area contributed by atoms with Crippen molar-refractivity contribution in [1.29, 1.82) is 0 Å². The molecule has 2 N–H and O–H groups in total. The summed E-state index contributed by atoms with van der Waals surface area (Å²) in [5.41, 5.74) is 3.05. The molecule has 2 heterocycles. The van der Waals surface area contributed by atoms with Gasteiger partial charge in [-0.3, -0.25) is 10.1 Å². The number of amides is 1. The van der Waals surface area contributed by atoms with E-state index in [4.69, 9.17) is 0 Å². The highest BCUT2D eigenvalue weighted by atomic mass is 32.1. The molecule has 0 aliphatic carbocycles. The summed E-state index contributed by atoms with van der Waals surface area (Å²) >= 11 is 1.05. The molecule has 7 heteroatoms. The Morgan fingerprint density at radius 2 is 2.24 bits per heavy atom. The highest BCUT2D eigenvalue weighted by Crippen LogP contribution is 2.18. The second-order valence-corrected chi connectivity index (χ2v) is 4.44. The van der Waals surface area contributed by atoms with Gasteiger partial charge < -0.3 is 5.32 Å². The molecule has 0 saturated carbocycles. The summed E-state index contributed by atoms with van der Waals surface area (Å²) in [5.74, 6) is -0.182. The van der Waals surface area contributed by atoms with Gasteiger partial charge in [0.1, 0.15) is 0 Å². The Hall–Kier alpha value is -1.86. The average Bonchev–Trinajstić information content (AvgIpc) is 2.97. The van der Waals surface area contributed by atoms with Crippen LogP contribution in [0.1, 0.15) is 21.5 Å². The number of rotatable bonds is 2. The van der Waals surface area contributed by atoms with E-state index in [1.54, 1.807) is 0 Å². The second-order valence-electron chi connectivity index (χ2n) is 3.71. The third kappa shape index (κ3) is 2.02. The fourth-order valence-electron chi connectivity index (χ4n) is 1.79. The van der Waals surface area contributed by atoms with Crippen LogP contribution in [0.3, 0.4) is 0 Å². The zero-order valence-corrected chi connectivity index (χ0v) is 9.62. The van der Waals surface area contributed by atoms with Gasteiger partial charge in [0.25, 0.3) is 5.91 Å². The number of aromatic nitrogens is 3. The van der Waals surface area contributed by atoms with Crippen LogP contribution >= 0.6 is 11.5 Å². The number of carbonyl (C=O) groups is 1. The van der Waals surface area contributed by atoms with Crippen molar-refractivity contribution in [2.24, 2.45) is 0 Å². The molecule has 0 bridgehead atoms. The van der Waals surface area contributed by atoms with E-state index in [-0.39, 0.29) is 5.91 Å². The van der Waals surface area contributed by atoms with Gasteiger partial charge in [0.15, 0.2) is 0 Å². The maximum atomic E-state index is 11.9. The molecule has 0 spiro atoms. The number of anilines is 1. The van der Waals surface area contributed by atoms with Gasteiger partial charge in [0.2, 0.25) is 5.13 Å². The molecule has 1 aromatic carbocycles. The summed E-state index contributed by atoms with van der Waals surface area (Å²) in [5, 5.41) is 13.4. The van der Waals surface area contributed by atoms with Gasteiger partial charge >= 0.3 is 0 Å². The van der Waals surface area contributed by atoms with Crippen molar-refractivity contribution in [3.8, 4) is 0 Å². The van der Waals surface area contributed by atoms with E-state index in [9.17, 15) is 4.79 Å². The van der Waals surface area contributed by atoms with Crippen molar-refractivity contribution in [3.05, 3.63) is 34.9 Å². The van der Waals surface area contributed by atoms with E-state index < -0.39 is 0 Å². The second kappa shape index (κ2) is 4.19. The van der Waals surface area contributed by atoms with Crippen molar-refractivity contribution >= 4 is 22.6 Å². The first-order valence-electron chi connectivity index (χ1n) is 5.12. The zero-order chi connectivity index (χ0) is 11.7. The van der Waals surface area contributed by atoms with Gasteiger partial charge in [-0.05, 0) is 28.5 Å². The molecular formula is C10H9N5OS. The van der Waals surface area contributed by atoms with Gasteiger partial charge in [-0.15, -0.1) is 0 Å². The van der Waals surface area contributed by atoms with Gasteiger partial charge in [0.05, 0.1) is 0 Å². The molecule has 0 unspecified atom stereocenters. The Kier molecular flexibility index (Phi) is 2.54. The third-order valence-corrected chi connectivity index (χ3v) is 3.13. The van der Waals surface area contributed by atoms with Crippen LogP contribution in [0.5, 0.6) is 0 Å². The summed E-state index contributed by atoms with van der Waals surface area (Å²) in [6.07, 6.45) is 0. The van der Waals surface area contributed by atoms with E-state index in [1.165, 1.54) is 11.1 Å². The Morgan fingerprint density at radius 1 is 1.35 bits per heavy atom. The van der Waals surface area contributed by atoms with Crippen molar-refractivity contribution in [3.63, 3.8) is 0 Å². The fraction of sp³-hybridized carbons (Fsp3) is 0.200. The summed E-state index contributed by atoms with van der Waals surface area (Å²) in [6, 6.07) is 5.69. The molecule has 3 rings (SSSR count). The lowest BCUT2D eigenvalue weighted by atomic mass is 10.1. The number of fused-ring (bicyclic) bond motifs is 1. The summed E-state index contributed by atoms with van der Waals surface area (Å²) < 4.78 is 3.58. The number of benzene rings is 1. The lowest BCUT2D eigenvalue weighted by molar-refractivity contribution is 0.102. The lowest BCUT2D eigenvalue weighted by Gasteiger charge is -2.03. The Morgan fingerprint density at radius 3 is 3.06 bits per heavy atom. The van der Waals surface area contributed by atoms with Gasteiger partial charge in [-0.25, -0.2) is 0 Å². The Balaban J connectivity index is 1.82. The largest absolute Gasteiger partial charge is 0.309 e. The molecule has 6 nitrogen and oxygen atoms in total. The molecule has 86 valence electrons. The van der Waals surface area contributed by atoms with E-state index in [0.717, 1.165) is 24.6 Å². The minimum Gasteiger partial charge on any atom is -0.309 e. The maximum absolute atomic E-state index is 11.9. The summed E-state index contributed by atoms with van der Waals surface area (Å²) in [4.78, 5) is 11.9.